The van der Waals surface area contributed by atoms with Gasteiger partial charge in [-0.2, -0.15) is 17.0 Å². The van der Waals surface area contributed by atoms with Crippen LogP contribution in [0.5, 0.6) is 0 Å². The summed E-state index contributed by atoms with van der Waals surface area (Å²) in [5.41, 5.74) is 0. The Labute approximate surface area is 111 Å². The second-order valence-corrected chi connectivity index (χ2v) is 7.12. The Bertz CT molecular complexity index is 352. The van der Waals surface area contributed by atoms with Crippen molar-refractivity contribution in [3.63, 3.8) is 0 Å². The first-order chi connectivity index (χ1) is 8.64. The van der Waals surface area contributed by atoms with E-state index in [4.69, 9.17) is 0 Å². The molecule has 18 heavy (non-hydrogen) atoms. The van der Waals surface area contributed by atoms with Crippen molar-refractivity contribution in [3.8, 4) is 0 Å². The Balaban J connectivity index is 1.67. The van der Waals surface area contributed by atoms with E-state index in [-0.39, 0.29) is 0 Å². The highest BCUT2D eigenvalue weighted by atomic mass is 32.2. The molecule has 0 aromatic heterocycles. The minimum Gasteiger partial charge on any atom is -0.314 e. The molecule has 1 N–H and O–H groups in total. The third-order valence-corrected chi connectivity index (χ3v) is 6.09. The molecule has 0 aromatic carbocycles. The van der Waals surface area contributed by atoms with E-state index in [0.717, 1.165) is 13.0 Å². The maximum Gasteiger partial charge on any atom is 0.282 e. The maximum absolute atomic E-state index is 12.0. The molecule has 0 spiro atoms. The van der Waals surface area contributed by atoms with Gasteiger partial charge in [0.25, 0.3) is 10.2 Å². The van der Waals surface area contributed by atoms with E-state index >= 15 is 0 Å². The van der Waals surface area contributed by atoms with Crippen molar-refractivity contribution in [2.45, 2.75) is 45.1 Å². The minimum atomic E-state index is -3.14. The second kappa shape index (κ2) is 6.32. The molecule has 0 amide bonds. The van der Waals surface area contributed by atoms with Gasteiger partial charge in [0.1, 0.15) is 0 Å². The largest absolute Gasteiger partial charge is 0.314 e. The Kier molecular flexibility index (Phi) is 5.00. The van der Waals surface area contributed by atoms with Gasteiger partial charge in [0, 0.05) is 32.2 Å². The maximum atomic E-state index is 12.0. The van der Waals surface area contributed by atoms with Crippen LogP contribution in [0.25, 0.3) is 0 Å². The third kappa shape index (κ3) is 3.23. The van der Waals surface area contributed by atoms with Gasteiger partial charge in [-0.05, 0) is 25.8 Å². The van der Waals surface area contributed by atoms with Crippen molar-refractivity contribution in [1.29, 1.82) is 0 Å². The molecule has 2 aliphatic rings. The first kappa shape index (κ1) is 14.2. The molecular weight excluding hydrogens is 250 g/mol. The lowest BCUT2D eigenvalue weighted by atomic mass is 10.2. The van der Waals surface area contributed by atoms with Crippen molar-refractivity contribution in [2.24, 2.45) is 0 Å². The van der Waals surface area contributed by atoms with Crippen LogP contribution in [0, 0.1) is 0 Å². The van der Waals surface area contributed by atoms with Gasteiger partial charge in [0.2, 0.25) is 0 Å². The average Bonchev–Trinajstić information content (AvgIpc) is 2.93. The van der Waals surface area contributed by atoms with Gasteiger partial charge >= 0.3 is 0 Å². The van der Waals surface area contributed by atoms with E-state index in [1.165, 1.54) is 25.7 Å². The van der Waals surface area contributed by atoms with Crippen molar-refractivity contribution in [3.05, 3.63) is 0 Å². The van der Waals surface area contributed by atoms with E-state index in [1.54, 1.807) is 8.61 Å². The topological polar surface area (TPSA) is 52.6 Å². The summed E-state index contributed by atoms with van der Waals surface area (Å²) in [4.78, 5) is 0. The highest BCUT2D eigenvalue weighted by Gasteiger charge is 2.34. The average molecular weight is 275 g/mol. The summed E-state index contributed by atoms with van der Waals surface area (Å²) in [5.74, 6) is 0. The van der Waals surface area contributed by atoms with Crippen LogP contribution < -0.4 is 5.32 Å². The first-order valence-corrected chi connectivity index (χ1v) is 8.53. The second-order valence-electron chi connectivity index (χ2n) is 5.19. The van der Waals surface area contributed by atoms with E-state index in [2.05, 4.69) is 5.32 Å². The zero-order valence-corrected chi connectivity index (χ0v) is 12.1. The summed E-state index contributed by atoms with van der Waals surface area (Å²) >= 11 is 0. The molecule has 1 heterocycles. The summed E-state index contributed by atoms with van der Waals surface area (Å²) in [6.07, 6.45) is 6.15. The summed E-state index contributed by atoms with van der Waals surface area (Å²) in [6, 6.07) is 0.673. The van der Waals surface area contributed by atoms with E-state index in [0.29, 0.717) is 32.2 Å². The van der Waals surface area contributed by atoms with Gasteiger partial charge in [0.15, 0.2) is 0 Å². The normalized spacial score (nSPS) is 26.1. The Morgan fingerprint density at radius 1 is 1.17 bits per heavy atom. The fraction of sp³-hybridized carbons (Fsp3) is 1.00. The van der Waals surface area contributed by atoms with Crippen LogP contribution in [-0.4, -0.2) is 55.8 Å². The lowest BCUT2D eigenvalue weighted by Crippen LogP contribution is -2.35. The number of hydrogen-bond donors (Lipinski definition) is 1. The molecule has 1 aliphatic carbocycles. The lowest BCUT2D eigenvalue weighted by molar-refractivity contribution is 0.422. The highest BCUT2D eigenvalue weighted by molar-refractivity contribution is 7.87. The van der Waals surface area contributed by atoms with E-state index in [9.17, 15) is 8.42 Å². The molecule has 0 bridgehead atoms. The predicted octanol–water partition coefficient (Wildman–Crippen LogP) is 0.791. The van der Waals surface area contributed by atoms with Crippen LogP contribution in [0.4, 0.5) is 0 Å². The highest BCUT2D eigenvalue weighted by Crippen LogP contribution is 2.18. The monoisotopic (exact) mass is 275 g/mol. The molecule has 0 atom stereocenters. The quantitative estimate of drug-likeness (QED) is 0.729. The van der Waals surface area contributed by atoms with Gasteiger partial charge in [-0.15, -0.1) is 0 Å². The summed E-state index contributed by atoms with van der Waals surface area (Å²) in [6.45, 7) is 5.36. The van der Waals surface area contributed by atoms with Gasteiger partial charge in [0.05, 0.1) is 0 Å². The number of nitrogens with zero attached hydrogens (tertiary/aromatic N) is 2. The molecule has 2 rings (SSSR count). The molecule has 6 heteroatoms. The van der Waals surface area contributed by atoms with Gasteiger partial charge < -0.3 is 5.32 Å². The molecule has 2 fully saturated rings. The fourth-order valence-electron chi connectivity index (χ4n) is 2.86. The van der Waals surface area contributed by atoms with Crippen molar-refractivity contribution < 1.29 is 8.42 Å². The standard InChI is InChI=1S/C12H25N3O2S/c1-2-14-10-11-15(18(14,16)17)9-5-8-13-12-6-3-4-7-12/h12-13H,2-11H2,1H3. The SMILES string of the molecule is CCN1CCN(CCCNC2CCCC2)S1(=O)=O. The van der Waals surface area contributed by atoms with Gasteiger partial charge in [-0.3, -0.25) is 0 Å². The summed E-state index contributed by atoms with van der Waals surface area (Å²) in [7, 11) is -3.14. The number of rotatable bonds is 6. The number of nitrogens with one attached hydrogen (secondary N) is 1. The smallest absolute Gasteiger partial charge is 0.282 e. The summed E-state index contributed by atoms with van der Waals surface area (Å²) < 4.78 is 27.2. The number of likely N-dealkylation sites (N-methyl/N-ethyl adjacent to an activating group) is 1. The molecule has 1 saturated carbocycles. The zero-order chi connectivity index (χ0) is 13.0. The molecule has 1 aliphatic heterocycles. The molecular formula is C12H25N3O2S. The van der Waals surface area contributed by atoms with Crippen LogP contribution >= 0.6 is 0 Å². The molecule has 1 saturated heterocycles. The van der Waals surface area contributed by atoms with Crippen molar-refractivity contribution in [1.82, 2.24) is 13.9 Å². The molecule has 0 aromatic rings. The van der Waals surface area contributed by atoms with E-state index in [1.807, 2.05) is 6.92 Å². The van der Waals surface area contributed by atoms with Crippen molar-refractivity contribution >= 4 is 10.2 Å². The Hall–Kier alpha value is -0.170. The number of hydrogen-bond acceptors (Lipinski definition) is 3. The molecule has 0 unspecified atom stereocenters. The van der Waals surface area contributed by atoms with Crippen LogP contribution in [0.15, 0.2) is 0 Å². The lowest BCUT2D eigenvalue weighted by Gasteiger charge is -2.18. The van der Waals surface area contributed by atoms with E-state index < -0.39 is 10.2 Å². The van der Waals surface area contributed by atoms with Gasteiger partial charge in [-0.25, -0.2) is 0 Å². The fourth-order valence-corrected chi connectivity index (χ4v) is 4.49. The van der Waals surface area contributed by atoms with Crippen LogP contribution in [-0.2, 0) is 10.2 Å². The molecule has 0 radical (unpaired) electrons. The Morgan fingerprint density at radius 3 is 2.44 bits per heavy atom. The van der Waals surface area contributed by atoms with Crippen LogP contribution in [0.3, 0.4) is 0 Å². The first-order valence-electron chi connectivity index (χ1n) is 7.13. The van der Waals surface area contributed by atoms with Gasteiger partial charge in [-0.1, -0.05) is 19.8 Å². The van der Waals surface area contributed by atoms with Crippen molar-refractivity contribution in [2.75, 3.05) is 32.7 Å². The summed E-state index contributed by atoms with van der Waals surface area (Å²) in [5, 5.41) is 3.52. The van der Waals surface area contributed by atoms with Crippen LogP contribution in [0.1, 0.15) is 39.0 Å². The Morgan fingerprint density at radius 2 is 1.83 bits per heavy atom. The third-order valence-electron chi connectivity index (χ3n) is 3.98. The minimum absolute atomic E-state index is 0.582. The van der Waals surface area contributed by atoms with Crippen LogP contribution in [0.2, 0.25) is 0 Å². The zero-order valence-electron chi connectivity index (χ0n) is 11.3. The molecule has 106 valence electrons. The predicted molar refractivity (Wildman–Crippen MR) is 72.6 cm³/mol. The molecule has 5 nitrogen and oxygen atoms in total.